The average Bonchev–Trinajstić information content (AvgIpc) is 2.08. The molecule has 4 N–H and O–H groups in total. The Morgan fingerprint density at radius 3 is 2.92 bits per heavy atom. The first kappa shape index (κ1) is 9.47. The predicted molar refractivity (Wildman–Crippen MR) is 52.7 cm³/mol. The fourth-order valence-electron chi connectivity index (χ4n) is 0.653. The minimum atomic E-state index is -0.101. The lowest BCUT2D eigenvalue weighted by Crippen LogP contribution is -2.21. The van der Waals surface area contributed by atoms with E-state index in [0.29, 0.717) is 10.7 Å². The number of rotatable bonds is 2. The SMILES string of the molecule is NC(N)=NN=Cc1cccnc1Cl. The highest BCUT2D eigenvalue weighted by molar-refractivity contribution is 6.31. The minimum absolute atomic E-state index is 0.101. The smallest absolute Gasteiger partial charge is 0.211 e. The molecule has 0 aliphatic heterocycles. The van der Waals surface area contributed by atoms with E-state index in [0.717, 1.165) is 0 Å². The van der Waals surface area contributed by atoms with Gasteiger partial charge in [-0.1, -0.05) is 11.6 Å². The molecular formula is C7H8ClN5. The van der Waals surface area contributed by atoms with Crippen molar-refractivity contribution in [3.8, 4) is 0 Å². The number of nitrogens with zero attached hydrogens (tertiary/aromatic N) is 3. The second-order valence-electron chi connectivity index (χ2n) is 2.15. The number of hydrogen-bond acceptors (Lipinski definition) is 3. The van der Waals surface area contributed by atoms with Crippen LogP contribution in [0.5, 0.6) is 0 Å². The van der Waals surface area contributed by atoms with E-state index in [9.17, 15) is 0 Å². The van der Waals surface area contributed by atoms with Gasteiger partial charge in [0.25, 0.3) is 0 Å². The first-order chi connectivity index (χ1) is 6.20. The van der Waals surface area contributed by atoms with Crippen LogP contribution in [0.1, 0.15) is 5.56 Å². The molecule has 13 heavy (non-hydrogen) atoms. The number of aromatic nitrogens is 1. The Kier molecular flexibility index (Phi) is 3.22. The molecule has 0 bridgehead atoms. The molecule has 0 radical (unpaired) electrons. The topological polar surface area (TPSA) is 89.7 Å². The molecule has 5 nitrogen and oxygen atoms in total. The van der Waals surface area contributed by atoms with E-state index in [1.165, 1.54) is 6.21 Å². The highest BCUT2D eigenvalue weighted by Crippen LogP contribution is 2.08. The Balaban J connectivity index is 2.80. The number of pyridine rings is 1. The first-order valence-corrected chi connectivity index (χ1v) is 3.80. The van der Waals surface area contributed by atoms with Gasteiger partial charge in [-0.05, 0) is 12.1 Å². The Bertz CT molecular complexity index is 342. The van der Waals surface area contributed by atoms with Crippen molar-refractivity contribution < 1.29 is 0 Å². The quantitative estimate of drug-likeness (QED) is 0.310. The number of nitrogens with two attached hydrogens (primary N) is 2. The molecule has 0 spiro atoms. The average molecular weight is 198 g/mol. The van der Waals surface area contributed by atoms with Crippen molar-refractivity contribution in [3.63, 3.8) is 0 Å². The van der Waals surface area contributed by atoms with Crippen LogP contribution in [0.2, 0.25) is 5.15 Å². The van der Waals surface area contributed by atoms with Crippen molar-refractivity contribution in [2.24, 2.45) is 21.7 Å². The zero-order valence-electron chi connectivity index (χ0n) is 6.68. The summed E-state index contributed by atoms with van der Waals surface area (Å²) < 4.78 is 0. The summed E-state index contributed by atoms with van der Waals surface area (Å²) in [6, 6.07) is 3.49. The fourth-order valence-corrected chi connectivity index (χ4v) is 0.821. The van der Waals surface area contributed by atoms with Crippen LogP contribution in [0.4, 0.5) is 0 Å². The number of guanidine groups is 1. The molecule has 1 heterocycles. The monoisotopic (exact) mass is 197 g/mol. The van der Waals surface area contributed by atoms with Gasteiger partial charge in [-0.15, -0.1) is 5.10 Å². The molecule has 0 aromatic carbocycles. The molecule has 0 amide bonds. The molecule has 0 aliphatic carbocycles. The molecule has 1 rings (SSSR count). The Morgan fingerprint density at radius 2 is 2.31 bits per heavy atom. The van der Waals surface area contributed by atoms with Crippen LogP contribution >= 0.6 is 11.6 Å². The van der Waals surface area contributed by atoms with Gasteiger partial charge in [0.1, 0.15) is 5.15 Å². The lowest BCUT2D eigenvalue weighted by Gasteiger charge is -1.92. The van der Waals surface area contributed by atoms with Crippen LogP contribution in [0.25, 0.3) is 0 Å². The van der Waals surface area contributed by atoms with Gasteiger partial charge in [0.15, 0.2) is 0 Å². The Hall–Kier alpha value is -1.62. The molecule has 68 valence electrons. The second kappa shape index (κ2) is 4.42. The lowest BCUT2D eigenvalue weighted by atomic mass is 10.3. The molecule has 0 aliphatic rings. The summed E-state index contributed by atoms with van der Waals surface area (Å²) in [5.74, 6) is -0.101. The van der Waals surface area contributed by atoms with Gasteiger partial charge in [0.05, 0.1) is 6.21 Å². The van der Waals surface area contributed by atoms with Crippen molar-refractivity contribution in [2.75, 3.05) is 0 Å². The molecule has 0 unspecified atom stereocenters. The second-order valence-corrected chi connectivity index (χ2v) is 2.51. The molecule has 0 saturated carbocycles. The molecule has 0 atom stereocenters. The van der Waals surface area contributed by atoms with Crippen LogP contribution in [0.15, 0.2) is 28.5 Å². The van der Waals surface area contributed by atoms with Gasteiger partial charge in [0, 0.05) is 11.8 Å². The van der Waals surface area contributed by atoms with Crippen LogP contribution in [0.3, 0.4) is 0 Å². The maximum Gasteiger partial charge on any atom is 0.211 e. The Labute approximate surface area is 80.1 Å². The maximum atomic E-state index is 5.73. The molecular weight excluding hydrogens is 190 g/mol. The summed E-state index contributed by atoms with van der Waals surface area (Å²) >= 11 is 5.73. The van der Waals surface area contributed by atoms with Gasteiger partial charge in [0.2, 0.25) is 5.96 Å². The number of hydrogen-bond donors (Lipinski definition) is 2. The van der Waals surface area contributed by atoms with E-state index < -0.39 is 0 Å². The van der Waals surface area contributed by atoms with Gasteiger partial charge in [-0.25, -0.2) is 4.98 Å². The van der Waals surface area contributed by atoms with Crippen molar-refractivity contribution in [1.29, 1.82) is 0 Å². The normalized spacial score (nSPS) is 10.2. The summed E-state index contributed by atoms with van der Waals surface area (Å²) in [4.78, 5) is 3.84. The van der Waals surface area contributed by atoms with E-state index in [1.54, 1.807) is 18.3 Å². The predicted octanol–water partition coefficient (Wildman–Crippen LogP) is 0.342. The van der Waals surface area contributed by atoms with Crippen molar-refractivity contribution >= 4 is 23.8 Å². The van der Waals surface area contributed by atoms with Gasteiger partial charge in [-0.2, -0.15) is 5.10 Å². The van der Waals surface area contributed by atoms with Crippen molar-refractivity contribution in [3.05, 3.63) is 29.0 Å². The third-order valence-corrected chi connectivity index (χ3v) is 1.47. The van der Waals surface area contributed by atoms with Gasteiger partial charge < -0.3 is 11.5 Å². The standard InChI is InChI=1S/C7H8ClN5/c8-6-5(2-1-3-11-6)4-12-13-7(9)10/h1-4H,(H4,9,10,13). The van der Waals surface area contributed by atoms with Crippen LogP contribution < -0.4 is 11.5 Å². The highest BCUT2D eigenvalue weighted by Gasteiger charge is 1.94. The minimum Gasteiger partial charge on any atom is -0.369 e. The summed E-state index contributed by atoms with van der Waals surface area (Å²) in [6.07, 6.45) is 3.01. The fraction of sp³-hybridized carbons (Fsp3) is 0. The highest BCUT2D eigenvalue weighted by atomic mass is 35.5. The van der Waals surface area contributed by atoms with E-state index in [4.69, 9.17) is 23.1 Å². The maximum absolute atomic E-state index is 5.73. The van der Waals surface area contributed by atoms with Crippen LogP contribution in [-0.2, 0) is 0 Å². The van der Waals surface area contributed by atoms with E-state index in [-0.39, 0.29) is 5.96 Å². The summed E-state index contributed by atoms with van der Waals surface area (Å²) in [5.41, 5.74) is 10.8. The van der Waals surface area contributed by atoms with E-state index in [1.807, 2.05) is 0 Å². The number of halogens is 1. The molecule has 1 aromatic rings. The largest absolute Gasteiger partial charge is 0.369 e. The summed E-state index contributed by atoms with van der Waals surface area (Å²) in [7, 11) is 0. The van der Waals surface area contributed by atoms with Gasteiger partial charge in [-0.3, -0.25) is 0 Å². The molecule has 0 saturated heterocycles. The third-order valence-electron chi connectivity index (χ3n) is 1.16. The zero-order valence-corrected chi connectivity index (χ0v) is 7.44. The summed E-state index contributed by atoms with van der Waals surface area (Å²) in [6.45, 7) is 0. The molecule has 6 heteroatoms. The van der Waals surface area contributed by atoms with Crippen molar-refractivity contribution in [2.45, 2.75) is 0 Å². The van der Waals surface area contributed by atoms with E-state index in [2.05, 4.69) is 15.2 Å². The van der Waals surface area contributed by atoms with E-state index >= 15 is 0 Å². The van der Waals surface area contributed by atoms with Gasteiger partial charge >= 0.3 is 0 Å². The zero-order chi connectivity index (χ0) is 9.68. The van der Waals surface area contributed by atoms with Crippen LogP contribution in [0, 0.1) is 0 Å². The first-order valence-electron chi connectivity index (χ1n) is 3.42. The Morgan fingerprint density at radius 1 is 1.54 bits per heavy atom. The third kappa shape index (κ3) is 3.08. The molecule has 1 aromatic heterocycles. The van der Waals surface area contributed by atoms with Crippen LogP contribution in [-0.4, -0.2) is 17.2 Å². The van der Waals surface area contributed by atoms with Crippen molar-refractivity contribution in [1.82, 2.24) is 4.98 Å². The molecule has 0 fully saturated rings. The lowest BCUT2D eigenvalue weighted by molar-refractivity contribution is 1.21. The summed E-state index contributed by atoms with van der Waals surface area (Å²) in [5, 5.41) is 7.37.